The molecule has 0 aliphatic heterocycles. The number of aryl methyl sites for hydroxylation is 2. The van der Waals surface area contributed by atoms with E-state index in [4.69, 9.17) is 9.72 Å². The van der Waals surface area contributed by atoms with Gasteiger partial charge in [-0.25, -0.2) is 4.98 Å². The Kier molecular flexibility index (Phi) is 8.92. The standard InChI is InChI=1S/C34H34BrN5O3/c1-6-22(3)33-38-31-16-9-26(35)18-30(31)34(42)40(33)36-19-25-17-23(4)39(24(25)5)28-12-14-29(15-13-28)43-20-32(41)37-27-10-7-21(2)8-11-27/h7-19,22H,6,20H2,1-5H3,(H,37,41)/t22-/m0/s1. The van der Waals surface area contributed by atoms with Gasteiger partial charge in [-0.05, 0) is 87.9 Å². The quantitative estimate of drug-likeness (QED) is 0.172. The molecule has 0 aliphatic rings. The second-order valence-electron chi connectivity index (χ2n) is 10.7. The van der Waals surface area contributed by atoms with Crippen molar-refractivity contribution < 1.29 is 9.53 Å². The average molecular weight is 641 g/mol. The van der Waals surface area contributed by atoms with Crippen LogP contribution in [0, 0.1) is 20.8 Å². The zero-order chi connectivity index (χ0) is 30.7. The van der Waals surface area contributed by atoms with Crippen LogP contribution in [0.1, 0.15) is 54.5 Å². The number of anilines is 1. The molecular formula is C34H34BrN5O3. The third kappa shape index (κ3) is 6.62. The van der Waals surface area contributed by atoms with Crippen molar-refractivity contribution in [2.45, 2.75) is 47.0 Å². The van der Waals surface area contributed by atoms with Crippen LogP contribution in [0.15, 0.2) is 87.2 Å². The molecular weight excluding hydrogens is 606 g/mol. The summed E-state index contributed by atoms with van der Waals surface area (Å²) in [6.45, 7) is 10.1. The highest BCUT2D eigenvalue weighted by Gasteiger charge is 2.16. The van der Waals surface area contributed by atoms with Crippen molar-refractivity contribution in [1.29, 1.82) is 0 Å². The largest absolute Gasteiger partial charge is 0.484 e. The van der Waals surface area contributed by atoms with Crippen LogP contribution in [0.5, 0.6) is 5.75 Å². The fourth-order valence-electron chi connectivity index (χ4n) is 4.89. The number of fused-ring (bicyclic) bond motifs is 1. The van der Waals surface area contributed by atoms with Gasteiger partial charge in [-0.1, -0.05) is 47.5 Å². The fraction of sp³-hybridized carbons (Fsp3) is 0.235. The number of nitrogens with one attached hydrogen (secondary N) is 1. The summed E-state index contributed by atoms with van der Waals surface area (Å²) in [6.07, 6.45) is 2.55. The molecule has 0 fully saturated rings. The molecule has 5 aromatic rings. The van der Waals surface area contributed by atoms with Gasteiger partial charge >= 0.3 is 0 Å². The smallest absolute Gasteiger partial charge is 0.282 e. The molecule has 0 aliphatic carbocycles. The summed E-state index contributed by atoms with van der Waals surface area (Å²) in [5.74, 6) is 1.06. The second kappa shape index (κ2) is 12.8. The number of ether oxygens (including phenoxy) is 1. The third-order valence-corrected chi connectivity index (χ3v) is 7.96. The Morgan fingerprint density at radius 2 is 1.77 bits per heavy atom. The second-order valence-corrected chi connectivity index (χ2v) is 11.6. The first-order valence-electron chi connectivity index (χ1n) is 14.2. The molecule has 2 heterocycles. The normalized spacial score (nSPS) is 12.1. The summed E-state index contributed by atoms with van der Waals surface area (Å²) >= 11 is 3.46. The summed E-state index contributed by atoms with van der Waals surface area (Å²) in [4.78, 5) is 30.6. The lowest BCUT2D eigenvalue weighted by Crippen LogP contribution is -2.23. The number of nitrogens with zero attached hydrogens (tertiary/aromatic N) is 4. The number of hydrogen-bond acceptors (Lipinski definition) is 5. The minimum Gasteiger partial charge on any atom is -0.484 e. The van der Waals surface area contributed by atoms with Gasteiger partial charge in [0.05, 0.1) is 17.1 Å². The van der Waals surface area contributed by atoms with E-state index in [0.717, 1.165) is 44.8 Å². The molecule has 5 rings (SSSR count). The lowest BCUT2D eigenvalue weighted by molar-refractivity contribution is -0.118. The van der Waals surface area contributed by atoms with Crippen molar-refractivity contribution >= 4 is 44.6 Å². The molecule has 0 spiro atoms. The van der Waals surface area contributed by atoms with E-state index in [1.165, 1.54) is 4.68 Å². The molecule has 1 N–H and O–H groups in total. The van der Waals surface area contributed by atoms with Gasteiger partial charge in [0.15, 0.2) is 6.61 Å². The maximum Gasteiger partial charge on any atom is 0.282 e. The van der Waals surface area contributed by atoms with Gasteiger partial charge in [-0.15, -0.1) is 0 Å². The molecule has 2 aromatic heterocycles. The molecule has 1 atom stereocenters. The highest BCUT2D eigenvalue weighted by atomic mass is 79.9. The Hall–Kier alpha value is -4.50. The van der Waals surface area contributed by atoms with E-state index < -0.39 is 0 Å². The van der Waals surface area contributed by atoms with E-state index >= 15 is 0 Å². The predicted molar refractivity (Wildman–Crippen MR) is 176 cm³/mol. The van der Waals surface area contributed by atoms with Crippen molar-refractivity contribution in [3.63, 3.8) is 0 Å². The van der Waals surface area contributed by atoms with Gasteiger partial charge in [0.1, 0.15) is 11.6 Å². The number of aromatic nitrogens is 3. The average Bonchev–Trinajstić information content (AvgIpc) is 3.29. The molecule has 0 saturated heterocycles. The maximum absolute atomic E-state index is 13.5. The summed E-state index contributed by atoms with van der Waals surface area (Å²) in [7, 11) is 0. The fourth-order valence-corrected chi connectivity index (χ4v) is 5.25. The van der Waals surface area contributed by atoms with Crippen LogP contribution < -0.4 is 15.6 Å². The van der Waals surface area contributed by atoms with Crippen LogP contribution in [0.25, 0.3) is 16.6 Å². The SMILES string of the molecule is CC[C@H](C)c1nc2ccc(Br)cc2c(=O)n1N=Cc1cc(C)n(-c2ccc(OCC(=O)Nc3ccc(C)cc3)cc2)c1C. The van der Waals surface area contributed by atoms with Gasteiger partial charge in [-0.2, -0.15) is 9.78 Å². The van der Waals surface area contributed by atoms with Crippen molar-refractivity contribution in [2.75, 3.05) is 11.9 Å². The first kappa shape index (κ1) is 30.0. The molecule has 9 heteroatoms. The Bertz CT molecular complexity index is 1870. The maximum atomic E-state index is 13.5. The van der Waals surface area contributed by atoms with Gasteiger partial charge in [-0.3, -0.25) is 9.59 Å². The van der Waals surface area contributed by atoms with E-state index in [-0.39, 0.29) is 24.0 Å². The van der Waals surface area contributed by atoms with Gasteiger partial charge in [0, 0.05) is 38.7 Å². The molecule has 1 amide bonds. The van der Waals surface area contributed by atoms with Crippen molar-refractivity contribution in [3.8, 4) is 11.4 Å². The molecule has 3 aromatic carbocycles. The van der Waals surface area contributed by atoms with E-state index in [1.54, 1.807) is 12.3 Å². The highest BCUT2D eigenvalue weighted by molar-refractivity contribution is 9.10. The van der Waals surface area contributed by atoms with Crippen molar-refractivity contribution in [3.05, 3.63) is 116 Å². The van der Waals surface area contributed by atoms with E-state index in [9.17, 15) is 9.59 Å². The van der Waals surface area contributed by atoms with Crippen LogP contribution >= 0.6 is 15.9 Å². The van der Waals surface area contributed by atoms with Crippen LogP contribution in [0.4, 0.5) is 5.69 Å². The number of benzene rings is 3. The zero-order valence-corrected chi connectivity index (χ0v) is 26.5. The van der Waals surface area contributed by atoms with Gasteiger partial charge < -0.3 is 14.6 Å². The third-order valence-electron chi connectivity index (χ3n) is 7.47. The molecule has 0 bridgehead atoms. The Labute approximate surface area is 259 Å². The molecule has 0 unspecified atom stereocenters. The van der Waals surface area contributed by atoms with Crippen molar-refractivity contribution in [1.82, 2.24) is 14.2 Å². The number of halogens is 1. The lowest BCUT2D eigenvalue weighted by Gasteiger charge is -2.14. The van der Waals surface area contributed by atoms with Crippen LogP contribution in [0.2, 0.25) is 0 Å². The Morgan fingerprint density at radius 1 is 1.05 bits per heavy atom. The summed E-state index contributed by atoms with van der Waals surface area (Å²) in [5.41, 5.74) is 6.15. The van der Waals surface area contributed by atoms with E-state index in [2.05, 4.69) is 37.8 Å². The first-order chi connectivity index (χ1) is 20.6. The molecule has 220 valence electrons. The summed E-state index contributed by atoms with van der Waals surface area (Å²) in [5, 5.41) is 8.00. The molecule has 0 radical (unpaired) electrons. The monoisotopic (exact) mass is 639 g/mol. The highest BCUT2D eigenvalue weighted by Crippen LogP contribution is 2.24. The Morgan fingerprint density at radius 3 is 2.47 bits per heavy atom. The number of hydrogen-bond donors (Lipinski definition) is 1. The molecule has 0 saturated carbocycles. The van der Waals surface area contributed by atoms with Gasteiger partial charge in [0.2, 0.25) is 0 Å². The number of amides is 1. The molecule has 43 heavy (non-hydrogen) atoms. The minimum atomic E-state index is -0.223. The predicted octanol–water partition coefficient (Wildman–Crippen LogP) is 7.29. The first-order valence-corrected chi connectivity index (χ1v) is 15.0. The van der Waals surface area contributed by atoms with Crippen LogP contribution in [-0.2, 0) is 4.79 Å². The van der Waals surface area contributed by atoms with Crippen molar-refractivity contribution in [2.24, 2.45) is 5.10 Å². The molecule has 8 nitrogen and oxygen atoms in total. The number of carbonyl (C=O) groups is 1. The van der Waals surface area contributed by atoms with Crippen LogP contribution in [0.3, 0.4) is 0 Å². The Balaban J connectivity index is 1.35. The van der Waals surface area contributed by atoms with E-state index in [1.807, 2.05) is 94.4 Å². The lowest BCUT2D eigenvalue weighted by atomic mass is 10.1. The van der Waals surface area contributed by atoms with Crippen LogP contribution in [-0.4, -0.2) is 33.0 Å². The van der Waals surface area contributed by atoms with E-state index in [0.29, 0.717) is 22.5 Å². The summed E-state index contributed by atoms with van der Waals surface area (Å²) < 4.78 is 10.1. The topological polar surface area (TPSA) is 90.5 Å². The minimum absolute atomic E-state index is 0.0553. The summed E-state index contributed by atoms with van der Waals surface area (Å²) in [6, 6.07) is 22.8. The zero-order valence-electron chi connectivity index (χ0n) is 24.9. The number of rotatable bonds is 9. The van der Waals surface area contributed by atoms with Gasteiger partial charge in [0.25, 0.3) is 11.5 Å². The number of carbonyl (C=O) groups excluding carboxylic acids is 1.